The van der Waals surface area contributed by atoms with Crippen LogP contribution in [0, 0.1) is 13.8 Å². The number of hydrogen-bond acceptors (Lipinski definition) is 1. The van der Waals surface area contributed by atoms with E-state index in [0.717, 1.165) is 22.1 Å². The van der Waals surface area contributed by atoms with E-state index in [-0.39, 0.29) is 6.04 Å². The maximum absolute atomic E-state index is 6.13. The normalized spacial score (nSPS) is 12.3. The Bertz CT molecular complexity index is 632. The van der Waals surface area contributed by atoms with Crippen LogP contribution in [0.25, 0.3) is 0 Å². The lowest BCUT2D eigenvalue weighted by Gasteiger charge is -2.22. The molecule has 112 valence electrons. The SMILES string of the molecule is CCC(Nc1c(C)cc(C)cc1Br)c1ccc(Cl)c(Cl)c1. The minimum Gasteiger partial charge on any atom is -0.377 e. The van der Waals surface area contributed by atoms with Crippen molar-refractivity contribution >= 4 is 44.8 Å². The first-order valence-corrected chi connectivity index (χ1v) is 8.45. The van der Waals surface area contributed by atoms with Crippen LogP contribution in [0.3, 0.4) is 0 Å². The van der Waals surface area contributed by atoms with Crippen molar-refractivity contribution < 1.29 is 0 Å². The second kappa shape index (κ2) is 7.04. The van der Waals surface area contributed by atoms with E-state index in [1.807, 2.05) is 18.2 Å². The third kappa shape index (κ3) is 3.94. The van der Waals surface area contributed by atoms with Crippen molar-refractivity contribution in [2.45, 2.75) is 33.2 Å². The molecule has 1 unspecified atom stereocenters. The van der Waals surface area contributed by atoms with Crippen LogP contribution in [0.4, 0.5) is 5.69 Å². The Hall–Kier alpha value is -0.700. The highest BCUT2D eigenvalue weighted by atomic mass is 79.9. The summed E-state index contributed by atoms with van der Waals surface area (Å²) in [5.74, 6) is 0. The van der Waals surface area contributed by atoms with Crippen LogP contribution in [0.5, 0.6) is 0 Å². The predicted octanol–water partition coefficient (Wildman–Crippen LogP) is 6.94. The topological polar surface area (TPSA) is 12.0 Å². The van der Waals surface area contributed by atoms with Gasteiger partial charge in [0.15, 0.2) is 0 Å². The van der Waals surface area contributed by atoms with Gasteiger partial charge in [0, 0.05) is 4.47 Å². The Labute approximate surface area is 144 Å². The molecule has 2 rings (SSSR count). The molecule has 0 heterocycles. The first kappa shape index (κ1) is 16.7. The molecular weight excluding hydrogens is 369 g/mol. The number of rotatable bonds is 4. The summed E-state index contributed by atoms with van der Waals surface area (Å²) in [6.45, 7) is 6.36. The number of halogens is 3. The fourth-order valence-corrected chi connectivity index (χ4v) is 3.52. The molecule has 1 N–H and O–H groups in total. The van der Waals surface area contributed by atoms with Crippen LogP contribution in [-0.4, -0.2) is 0 Å². The fourth-order valence-electron chi connectivity index (χ4n) is 2.42. The van der Waals surface area contributed by atoms with Gasteiger partial charge in [-0.2, -0.15) is 0 Å². The number of anilines is 1. The predicted molar refractivity (Wildman–Crippen MR) is 96.7 cm³/mol. The first-order valence-electron chi connectivity index (χ1n) is 6.90. The summed E-state index contributed by atoms with van der Waals surface area (Å²) in [6.07, 6.45) is 0.956. The molecule has 0 aliphatic carbocycles. The average Bonchev–Trinajstić information content (AvgIpc) is 2.41. The molecule has 2 aromatic rings. The van der Waals surface area contributed by atoms with Crippen molar-refractivity contribution in [2.24, 2.45) is 0 Å². The van der Waals surface area contributed by atoms with E-state index in [9.17, 15) is 0 Å². The Morgan fingerprint density at radius 3 is 2.38 bits per heavy atom. The van der Waals surface area contributed by atoms with Crippen molar-refractivity contribution in [3.8, 4) is 0 Å². The van der Waals surface area contributed by atoms with Crippen molar-refractivity contribution in [3.63, 3.8) is 0 Å². The highest BCUT2D eigenvalue weighted by Gasteiger charge is 2.14. The second-order valence-electron chi connectivity index (χ2n) is 5.22. The zero-order valence-electron chi connectivity index (χ0n) is 12.3. The summed E-state index contributed by atoms with van der Waals surface area (Å²) in [5.41, 5.74) is 4.73. The van der Waals surface area contributed by atoms with Crippen molar-refractivity contribution in [1.29, 1.82) is 0 Å². The van der Waals surface area contributed by atoms with Gasteiger partial charge in [-0.25, -0.2) is 0 Å². The number of aryl methyl sites for hydroxylation is 2. The van der Waals surface area contributed by atoms with Crippen LogP contribution in [0.1, 0.15) is 36.1 Å². The molecule has 0 amide bonds. The van der Waals surface area contributed by atoms with Crippen LogP contribution < -0.4 is 5.32 Å². The summed E-state index contributed by atoms with van der Waals surface area (Å²) in [6, 6.07) is 10.3. The maximum atomic E-state index is 6.13. The summed E-state index contributed by atoms with van der Waals surface area (Å²) in [4.78, 5) is 0. The molecule has 0 fully saturated rings. The van der Waals surface area contributed by atoms with E-state index >= 15 is 0 Å². The van der Waals surface area contributed by atoms with E-state index in [2.05, 4.69) is 54.2 Å². The molecule has 0 saturated heterocycles. The zero-order valence-corrected chi connectivity index (χ0v) is 15.4. The van der Waals surface area contributed by atoms with Crippen LogP contribution in [-0.2, 0) is 0 Å². The van der Waals surface area contributed by atoms with E-state index in [1.165, 1.54) is 11.1 Å². The molecule has 21 heavy (non-hydrogen) atoms. The molecule has 0 radical (unpaired) electrons. The van der Waals surface area contributed by atoms with Gasteiger partial charge in [-0.3, -0.25) is 0 Å². The van der Waals surface area contributed by atoms with Crippen molar-refractivity contribution in [1.82, 2.24) is 0 Å². The van der Waals surface area contributed by atoms with E-state index < -0.39 is 0 Å². The van der Waals surface area contributed by atoms with Crippen LogP contribution in [0.2, 0.25) is 10.0 Å². The zero-order chi connectivity index (χ0) is 15.6. The standard InChI is InChI=1S/C17H18BrCl2N/c1-4-16(12-5-6-14(19)15(20)9-12)21-17-11(3)7-10(2)8-13(17)18/h5-9,16,21H,4H2,1-3H3. The van der Waals surface area contributed by atoms with E-state index in [0.29, 0.717) is 10.0 Å². The van der Waals surface area contributed by atoms with Gasteiger partial charge in [0.2, 0.25) is 0 Å². The lowest BCUT2D eigenvalue weighted by molar-refractivity contribution is 0.748. The Morgan fingerprint density at radius 1 is 1.10 bits per heavy atom. The summed E-state index contributed by atoms with van der Waals surface area (Å²) in [5, 5.41) is 4.78. The van der Waals surface area contributed by atoms with Gasteiger partial charge in [-0.05, 0) is 71.1 Å². The Morgan fingerprint density at radius 2 is 1.81 bits per heavy atom. The lowest BCUT2D eigenvalue weighted by atomic mass is 10.0. The largest absolute Gasteiger partial charge is 0.377 e. The van der Waals surface area contributed by atoms with Gasteiger partial charge in [0.05, 0.1) is 21.8 Å². The summed E-state index contributed by atoms with van der Waals surface area (Å²) < 4.78 is 1.08. The van der Waals surface area contributed by atoms with Crippen LogP contribution >= 0.6 is 39.1 Å². The van der Waals surface area contributed by atoms with Gasteiger partial charge in [0.25, 0.3) is 0 Å². The van der Waals surface area contributed by atoms with E-state index in [4.69, 9.17) is 23.2 Å². The molecule has 0 aromatic heterocycles. The molecule has 0 aliphatic rings. The van der Waals surface area contributed by atoms with Crippen molar-refractivity contribution in [3.05, 3.63) is 61.5 Å². The maximum Gasteiger partial charge on any atom is 0.0595 e. The molecule has 4 heteroatoms. The van der Waals surface area contributed by atoms with Crippen LogP contribution in [0.15, 0.2) is 34.8 Å². The Balaban J connectivity index is 2.33. The Kier molecular flexibility index (Phi) is 5.59. The molecule has 0 saturated carbocycles. The van der Waals surface area contributed by atoms with Gasteiger partial charge >= 0.3 is 0 Å². The minimum absolute atomic E-state index is 0.192. The van der Waals surface area contributed by atoms with Gasteiger partial charge in [-0.1, -0.05) is 42.3 Å². The summed E-state index contributed by atoms with van der Waals surface area (Å²) in [7, 11) is 0. The number of nitrogens with one attached hydrogen (secondary N) is 1. The molecule has 0 aliphatic heterocycles. The monoisotopic (exact) mass is 385 g/mol. The molecule has 1 nitrogen and oxygen atoms in total. The fraction of sp³-hybridized carbons (Fsp3) is 0.294. The molecular formula is C17H18BrCl2N. The second-order valence-corrected chi connectivity index (χ2v) is 6.89. The molecule has 1 atom stereocenters. The third-order valence-corrected chi connectivity index (χ3v) is 4.87. The average molecular weight is 387 g/mol. The quantitative estimate of drug-likeness (QED) is 0.600. The third-order valence-electron chi connectivity index (χ3n) is 3.50. The van der Waals surface area contributed by atoms with Gasteiger partial charge in [-0.15, -0.1) is 0 Å². The highest BCUT2D eigenvalue weighted by molar-refractivity contribution is 9.10. The van der Waals surface area contributed by atoms with Gasteiger partial charge in [0.1, 0.15) is 0 Å². The summed E-state index contributed by atoms with van der Waals surface area (Å²) >= 11 is 15.8. The van der Waals surface area contributed by atoms with Crippen molar-refractivity contribution in [2.75, 3.05) is 5.32 Å². The molecule has 0 spiro atoms. The number of benzene rings is 2. The molecule has 0 bridgehead atoms. The van der Waals surface area contributed by atoms with Gasteiger partial charge < -0.3 is 5.32 Å². The highest BCUT2D eigenvalue weighted by Crippen LogP contribution is 2.33. The first-order chi connectivity index (χ1) is 9.92. The van der Waals surface area contributed by atoms with E-state index in [1.54, 1.807) is 0 Å². The smallest absolute Gasteiger partial charge is 0.0595 e. The molecule has 2 aromatic carbocycles. The lowest BCUT2D eigenvalue weighted by Crippen LogP contribution is -2.11. The minimum atomic E-state index is 0.192. The number of hydrogen-bond donors (Lipinski definition) is 1.